The van der Waals surface area contributed by atoms with Gasteiger partial charge in [0.05, 0.1) is 11.4 Å². The van der Waals surface area contributed by atoms with E-state index in [-0.39, 0.29) is 11.9 Å². The zero-order valence-electron chi connectivity index (χ0n) is 14.0. The molecule has 4 nitrogen and oxygen atoms in total. The van der Waals surface area contributed by atoms with Crippen LogP contribution in [0, 0.1) is 0 Å². The van der Waals surface area contributed by atoms with Gasteiger partial charge in [-0.2, -0.15) is 0 Å². The number of nitrogens with zero attached hydrogens (tertiary/aromatic N) is 2. The van der Waals surface area contributed by atoms with Gasteiger partial charge in [0.25, 0.3) is 5.91 Å². The Balaban J connectivity index is 3.00. The quantitative estimate of drug-likeness (QED) is 0.784. The Morgan fingerprint density at radius 2 is 1.95 bits per heavy atom. The number of hydrogen-bond donors (Lipinski definition) is 1. The van der Waals surface area contributed by atoms with E-state index in [1.54, 1.807) is 6.07 Å². The van der Waals surface area contributed by atoms with Crippen molar-refractivity contribution in [2.45, 2.75) is 46.1 Å². The third-order valence-corrected chi connectivity index (χ3v) is 3.89. The molecule has 1 unspecified atom stereocenters. The highest BCUT2D eigenvalue weighted by molar-refractivity contribution is 5.96. The normalized spacial score (nSPS) is 12.0. The number of hydrogen-bond acceptors (Lipinski definition) is 3. The van der Waals surface area contributed by atoms with E-state index in [1.165, 1.54) is 0 Å². The largest absolute Gasteiger partial charge is 0.397 e. The lowest BCUT2D eigenvalue weighted by Gasteiger charge is -2.29. The van der Waals surface area contributed by atoms with Gasteiger partial charge in [0.1, 0.15) is 0 Å². The molecule has 0 aromatic heterocycles. The van der Waals surface area contributed by atoms with Crippen LogP contribution in [0.2, 0.25) is 0 Å². The van der Waals surface area contributed by atoms with Crippen LogP contribution in [-0.2, 0) is 0 Å². The maximum absolute atomic E-state index is 12.7. The van der Waals surface area contributed by atoms with Crippen molar-refractivity contribution in [3.05, 3.63) is 23.8 Å². The number of nitrogens with two attached hydrogens (primary N) is 1. The lowest BCUT2D eigenvalue weighted by atomic mass is 10.1. The van der Waals surface area contributed by atoms with E-state index in [1.807, 2.05) is 36.0 Å². The molecule has 21 heavy (non-hydrogen) atoms. The topological polar surface area (TPSA) is 49.6 Å². The van der Waals surface area contributed by atoms with E-state index >= 15 is 0 Å². The number of unbranched alkanes of at least 4 members (excludes halogenated alkanes) is 1. The van der Waals surface area contributed by atoms with Crippen molar-refractivity contribution in [3.8, 4) is 0 Å². The molecule has 0 saturated carbocycles. The molecule has 1 rings (SSSR count). The van der Waals surface area contributed by atoms with Gasteiger partial charge in [0, 0.05) is 32.2 Å². The van der Waals surface area contributed by atoms with Crippen LogP contribution in [0.1, 0.15) is 50.4 Å². The molecule has 1 atom stereocenters. The third-order valence-electron chi connectivity index (χ3n) is 3.89. The second kappa shape index (κ2) is 7.91. The highest BCUT2D eigenvalue weighted by atomic mass is 16.2. The molecule has 0 fully saturated rings. The van der Waals surface area contributed by atoms with Gasteiger partial charge in [0.15, 0.2) is 0 Å². The fourth-order valence-electron chi connectivity index (χ4n) is 2.33. The summed E-state index contributed by atoms with van der Waals surface area (Å²) < 4.78 is 0. The number of carbonyl (C=O) groups excluding carboxylic acids is 1. The molecule has 0 bridgehead atoms. The molecule has 1 amide bonds. The fourth-order valence-corrected chi connectivity index (χ4v) is 2.33. The maximum atomic E-state index is 12.7. The van der Waals surface area contributed by atoms with Crippen molar-refractivity contribution < 1.29 is 4.79 Å². The highest BCUT2D eigenvalue weighted by Crippen LogP contribution is 2.23. The van der Waals surface area contributed by atoms with E-state index < -0.39 is 0 Å². The molecule has 0 heterocycles. The van der Waals surface area contributed by atoms with Crippen LogP contribution in [-0.4, -0.2) is 37.5 Å². The van der Waals surface area contributed by atoms with Gasteiger partial charge in [-0.05, 0) is 38.0 Å². The van der Waals surface area contributed by atoms with E-state index in [2.05, 4.69) is 20.8 Å². The molecule has 2 N–H and O–H groups in total. The monoisotopic (exact) mass is 291 g/mol. The Morgan fingerprint density at radius 1 is 1.29 bits per heavy atom. The Labute approximate surface area is 128 Å². The predicted octanol–water partition coefficient (Wildman–Crippen LogP) is 3.38. The third kappa shape index (κ3) is 4.38. The molecule has 4 heteroatoms. The minimum atomic E-state index is 0.0785. The van der Waals surface area contributed by atoms with Crippen molar-refractivity contribution >= 4 is 17.3 Å². The zero-order valence-corrected chi connectivity index (χ0v) is 14.0. The molecule has 0 spiro atoms. The molecule has 1 aromatic carbocycles. The highest BCUT2D eigenvalue weighted by Gasteiger charge is 2.20. The van der Waals surface area contributed by atoms with Crippen LogP contribution in [0.3, 0.4) is 0 Å². The van der Waals surface area contributed by atoms with Crippen LogP contribution in [0.25, 0.3) is 0 Å². The number of amides is 1. The van der Waals surface area contributed by atoms with Crippen molar-refractivity contribution in [2.24, 2.45) is 0 Å². The molecule has 1 aromatic rings. The van der Waals surface area contributed by atoms with Crippen LogP contribution in [0.5, 0.6) is 0 Å². The van der Waals surface area contributed by atoms with E-state index in [0.717, 1.165) is 31.5 Å². The summed E-state index contributed by atoms with van der Waals surface area (Å²) in [4.78, 5) is 16.7. The standard InChI is InChI=1S/C17H29N3O/c1-6-8-11-20(13(3)7-2)17(21)14-9-10-16(19(4)5)15(18)12-14/h9-10,12-13H,6-8,11,18H2,1-5H3. The predicted molar refractivity (Wildman–Crippen MR) is 90.9 cm³/mol. The summed E-state index contributed by atoms with van der Waals surface area (Å²) in [7, 11) is 3.89. The Kier molecular flexibility index (Phi) is 6.53. The summed E-state index contributed by atoms with van der Waals surface area (Å²) in [6.45, 7) is 7.16. The van der Waals surface area contributed by atoms with Gasteiger partial charge < -0.3 is 15.5 Å². The smallest absolute Gasteiger partial charge is 0.254 e. The Morgan fingerprint density at radius 3 is 2.43 bits per heavy atom. The van der Waals surface area contributed by atoms with Gasteiger partial charge in [-0.3, -0.25) is 4.79 Å². The van der Waals surface area contributed by atoms with Crippen LogP contribution < -0.4 is 10.6 Å². The first-order chi connectivity index (χ1) is 9.92. The molecule has 0 aliphatic rings. The van der Waals surface area contributed by atoms with Gasteiger partial charge >= 0.3 is 0 Å². The second-order valence-electron chi connectivity index (χ2n) is 5.78. The molecule has 118 valence electrons. The first-order valence-electron chi connectivity index (χ1n) is 7.80. The Hall–Kier alpha value is -1.71. The fraction of sp³-hybridized carbons (Fsp3) is 0.588. The van der Waals surface area contributed by atoms with Gasteiger partial charge in [-0.1, -0.05) is 20.3 Å². The lowest BCUT2D eigenvalue weighted by molar-refractivity contribution is 0.0685. The minimum absolute atomic E-state index is 0.0785. The first-order valence-corrected chi connectivity index (χ1v) is 7.80. The van der Waals surface area contributed by atoms with Crippen molar-refractivity contribution in [1.82, 2.24) is 4.90 Å². The van der Waals surface area contributed by atoms with Gasteiger partial charge in [0.2, 0.25) is 0 Å². The summed E-state index contributed by atoms with van der Waals surface area (Å²) in [5, 5.41) is 0. The average molecular weight is 291 g/mol. The van der Waals surface area contributed by atoms with Gasteiger partial charge in [-0.25, -0.2) is 0 Å². The summed E-state index contributed by atoms with van der Waals surface area (Å²) >= 11 is 0. The van der Waals surface area contributed by atoms with Crippen LogP contribution in [0.15, 0.2) is 18.2 Å². The molecule has 0 aliphatic carbocycles. The molecule has 0 radical (unpaired) electrons. The number of benzene rings is 1. The summed E-state index contributed by atoms with van der Waals surface area (Å²) in [6.07, 6.45) is 3.07. The molecule has 0 aliphatic heterocycles. The van der Waals surface area contributed by atoms with Crippen LogP contribution in [0.4, 0.5) is 11.4 Å². The summed E-state index contributed by atoms with van der Waals surface area (Å²) in [5.74, 6) is 0.0785. The lowest BCUT2D eigenvalue weighted by Crippen LogP contribution is -2.39. The molecule has 0 saturated heterocycles. The van der Waals surface area contributed by atoms with E-state index in [0.29, 0.717) is 11.3 Å². The Bertz CT molecular complexity index is 471. The number of carbonyl (C=O) groups is 1. The van der Waals surface area contributed by atoms with Crippen molar-refractivity contribution in [2.75, 3.05) is 31.3 Å². The molecular weight excluding hydrogens is 262 g/mol. The number of nitrogen functional groups attached to an aromatic ring is 1. The van der Waals surface area contributed by atoms with Crippen molar-refractivity contribution in [1.29, 1.82) is 0 Å². The SMILES string of the molecule is CCCCN(C(=O)c1ccc(N(C)C)c(N)c1)C(C)CC. The van der Waals surface area contributed by atoms with Gasteiger partial charge in [-0.15, -0.1) is 0 Å². The summed E-state index contributed by atoms with van der Waals surface area (Å²) in [5.41, 5.74) is 8.32. The maximum Gasteiger partial charge on any atom is 0.254 e. The van der Waals surface area contributed by atoms with E-state index in [9.17, 15) is 4.79 Å². The summed E-state index contributed by atoms with van der Waals surface area (Å²) in [6, 6.07) is 5.82. The average Bonchev–Trinajstić information content (AvgIpc) is 2.46. The first kappa shape index (κ1) is 17.3. The van der Waals surface area contributed by atoms with E-state index in [4.69, 9.17) is 5.73 Å². The molecular formula is C17H29N3O. The number of anilines is 2. The second-order valence-corrected chi connectivity index (χ2v) is 5.78. The van der Waals surface area contributed by atoms with Crippen LogP contribution >= 0.6 is 0 Å². The minimum Gasteiger partial charge on any atom is -0.397 e. The zero-order chi connectivity index (χ0) is 16.0. The number of rotatable bonds is 7. The van der Waals surface area contributed by atoms with Crippen molar-refractivity contribution in [3.63, 3.8) is 0 Å².